The molecule has 0 aliphatic carbocycles. The molecule has 4 heterocycles. The average molecular weight is 599 g/mol. The molecule has 1 N–H and O–H groups in total. The molecule has 0 atom stereocenters. The highest BCUT2D eigenvalue weighted by molar-refractivity contribution is 7.86. The molecule has 0 bridgehead atoms. The number of benzene rings is 2. The number of imidazole rings is 1. The van der Waals surface area contributed by atoms with Gasteiger partial charge in [-0.3, -0.25) is 4.79 Å². The third kappa shape index (κ3) is 5.92. The number of carbonyl (C=O) groups excluding carboxylic acids is 1. The monoisotopic (exact) mass is 598 g/mol. The van der Waals surface area contributed by atoms with Crippen LogP contribution in [0.25, 0.3) is 22.4 Å². The highest BCUT2D eigenvalue weighted by Gasteiger charge is 2.27. The maximum Gasteiger partial charge on any atom is 0.307 e. The van der Waals surface area contributed by atoms with E-state index < -0.39 is 10.1 Å². The molecule has 43 heavy (non-hydrogen) atoms. The van der Waals surface area contributed by atoms with Crippen molar-refractivity contribution in [2.75, 3.05) is 37.3 Å². The molecule has 2 saturated heterocycles. The number of rotatable bonds is 6. The largest absolute Gasteiger partial charge is 0.359 e. The van der Waals surface area contributed by atoms with E-state index in [2.05, 4.69) is 20.9 Å². The van der Waals surface area contributed by atoms with Gasteiger partial charge in [0.1, 0.15) is 17.2 Å². The fourth-order valence-corrected chi connectivity index (χ4v) is 6.57. The quantitative estimate of drug-likeness (QED) is 0.304. The molecule has 2 fully saturated rings. The molecule has 2 aromatic heterocycles. The number of aromatic amines is 1. The third-order valence-corrected chi connectivity index (χ3v) is 8.90. The van der Waals surface area contributed by atoms with Gasteiger partial charge in [-0.25, -0.2) is 4.98 Å². The lowest BCUT2D eigenvalue weighted by Gasteiger charge is -2.32. The van der Waals surface area contributed by atoms with Crippen LogP contribution in [-0.4, -0.2) is 66.6 Å². The van der Waals surface area contributed by atoms with E-state index >= 15 is 0 Å². The van der Waals surface area contributed by atoms with Crippen LogP contribution in [0.1, 0.15) is 64.2 Å². The number of nitriles is 1. The van der Waals surface area contributed by atoms with Crippen LogP contribution in [0.4, 0.5) is 5.82 Å². The van der Waals surface area contributed by atoms with Crippen LogP contribution in [0.15, 0.2) is 42.5 Å². The van der Waals surface area contributed by atoms with E-state index in [0.29, 0.717) is 52.8 Å². The summed E-state index contributed by atoms with van der Waals surface area (Å²) in [5.41, 5.74) is 5.97. The van der Waals surface area contributed by atoms with Crippen molar-refractivity contribution in [2.45, 2.75) is 45.4 Å². The second-order valence-electron chi connectivity index (χ2n) is 11.5. The van der Waals surface area contributed by atoms with Gasteiger partial charge in [0.15, 0.2) is 0 Å². The summed E-state index contributed by atoms with van der Waals surface area (Å²) in [4.78, 5) is 30.4. The van der Waals surface area contributed by atoms with Crippen molar-refractivity contribution in [3.8, 4) is 23.3 Å². The van der Waals surface area contributed by atoms with Crippen LogP contribution in [0.5, 0.6) is 5.88 Å². The van der Waals surface area contributed by atoms with E-state index in [9.17, 15) is 13.2 Å². The molecular formula is C32H34N6O4S. The van der Waals surface area contributed by atoms with Gasteiger partial charge in [0, 0.05) is 43.4 Å². The maximum absolute atomic E-state index is 13.8. The van der Waals surface area contributed by atoms with Crippen LogP contribution in [0.2, 0.25) is 0 Å². The molecule has 2 aliphatic rings. The smallest absolute Gasteiger partial charge is 0.307 e. The van der Waals surface area contributed by atoms with E-state index in [0.717, 1.165) is 61.7 Å². The molecule has 10 nitrogen and oxygen atoms in total. The third-order valence-electron chi connectivity index (χ3n) is 8.44. The number of carbonyl (C=O) groups is 1. The fraction of sp³-hybridized carbons (Fsp3) is 0.375. The molecule has 1 amide bonds. The minimum absolute atomic E-state index is 0.0211. The molecule has 0 radical (unpaired) electrons. The number of amides is 1. The maximum atomic E-state index is 13.8. The zero-order valence-corrected chi connectivity index (χ0v) is 25.4. The Morgan fingerprint density at radius 3 is 2.35 bits per heavy atom. The highest BCUT2D eigenvalue weighted by atomic mass is 32.2. The first kappa shape index (κ1) is 28.7. The number of aromatic nitrogens is 3. The van der Waals surface area contributed by atoms with E-state index in [1.807, 2.05) is 61.2 Å². The SMILES string of the molecule is Cc1cc(C)c(-c2nc3cc(N4CCCC4)nc(OS(C)(=O)=O)c3[nH]2)cc1C(=O)N1CCC(c2ccc(C#N)cc2)CC1. The number of H-pyrrole nitrogens is 1. The van der Waals surface area contributed by atoms with Gasteiger partial charge in [0.2, 0.25) is 0 Å². The van der Waals surface area contributed by atoms with Crippen LogP contribution < -0.4 is 9.08 Å². The van der Waals surface area contributed by atoms with Gasteiger partial charge in [-0.15, -0.1) is 0 Å². The Labute approximate surface area is 251 Å². The molecular weight excluding hydrogens is 564 g/mol. The van der Waals surface area contributed by atoms with Gasteiger partial charge in [0.25, 0.3) is 11.8 Å². The zero-order valence-electron chi connectivity index (χ0n) is 24.6. The first-order valence-electron chi connectivity index (χ1n) is 14.6. The molecule has 2 aromatic carbocycles. The van der Waals surface area contributed by atoms with Crippen molar-refractivity contribution in [3.63, 3.8) is 0 Å². The topological polar surface area (TPSA) is 132 Å². The number of piperidine rings is 1. The van der Waals surface area contributed by atoms with Gasteiger partial charge in [-0.2, -0.15) is 18.7 Å². The van der Waals surface area contributed by atoms with E-state index in [1.54, 1.807) is 0 Å². The summed E-state index contributed by atoms with van der Waals surface area (Å²) in [5, 5.41) is 9.08. The van der Waals surface area contributed by atoms with Gasteiger partial charge in [0.05, 0.1) is 23.4 Å². The van der Waals surface area contributed by atoms with E-state index in [-0.39, 0.29) is 11.8 Å². The number of anilines is 1. The van der Waals surface area contributed by atoms with Crippen LogP contribution >= 0.6 is 0 Å². The van der Waals surface area contributed by atoms with E-state index in [4.69, 9.17) is 14.4 Å². The summed E-state index contributed by atoms with van der Waals surface area (Å²) < 4.78 is 29.5. The van der Waals surface area contributed by atoms with Crippen molar-refractivity contribution >= 4 is 32.9 Å². The Balaban J connectivity index is 1.29. The number of nitrogens with zero attached hydrogens (tertiary/aromatic N) is 5. The second-order valence-corrected chi connectivity index (χ2v) is 13.1. The van der Waals surface area contributed by atoms with Crippen molar-refractivity contribution in [2.24, 2.45) is 0 Å². The summed E-state index contributed by atoms with van der Waals surface area (Å²) in [6.07, 6.45) is 4.79. The summed E-state index contributed by atoms with van der Waals surface area (Å²) >= 11 is 0. The number of nitrogens with one attached hydrogen (secondary N) is 1. The number of pyridine rings is 1. The van der Waals surface area contributed by atoms with Crippen molar-refractivity contribution in [3.05, 3.63) is 70.3 Å². The summed E-state index contributed by atoms with van der Waals surface area (Å²) in [5.74, 6) is 1.44. The molecule has 4 aromatic rings. The summed E-state index contributed by atoms with van der Waals surface area (Å²) in [6, 6.07) is 15.6. The van der Waals surface area contributed by atoms with Gasteiger partial charge < -0.3 is 19.0 Å². The number of aryl methyl sites for hydroxylation is 2. The molecule has 0 unspecified atom stereocenters. The van der Waals surface area contributed by atoms with Crippen molar-refractivity contribution in [1.29, 1.82) is 5.26 Å². The van der Waals surface area contributed by atoms with Gasteiger partial charge in [-0.05, 0) is 80.3 Å². The minimum Gasteiger partial charge on any atom is -0.359 e. The Bertz CT molecular complexity index is 1850. The Morgan fingerprint density at radius 2 is 1.70 bits per heavy atom. The van der Waals surface area contributed by atoms with E-state index in [1.165, 1.54) is 5.56 Å². The van der Waals surface area contributed by atoms with Crippen LogP contribution in [-0.2, 0) is 10.1 Å². The number of hydrogen-bond donors (Lipinski definition) is 1. The summed E-state index contributed by atoms with van der Waals surface area (Å²) in [6.45, 7) is 6.87. The fourth-order valence-electron chi connectivity index (χ4n) is 6.16. The standard InChI is InChI=1S/C32H34N6O4S/c1-20-16-21(2)26(32(39)38-14-10-24(11-15-38)23-8-6-22(19-33)7-9-23)17-25(20)30-34-27-18-28(37-12-4-5-13-37)35-31(29(27)36-30)42-43(3,40)41/h6-9,16-18,24H,4-5,10-15H2,1-3H3,(H,34,36). The lowest BCUT2D eigenvalue weighted by atomic mass is 9.88. The predicted molar refractivity (Wildman–Crippen MR) is 165 cm³/mol. The molecule has 6 rings (SSSR count). The van der Waals surface area contributed by atoms with Crippen LogP contribution in [0.3, 0.4) is 0 Å². The first-order valence-corrected chi connectivity index (χ1v) is 16.4. The molecule has 2 aliphatic heterocycles. The molecule has 222 valence electrons. The first-order chi connectivity index (χ1) is 20.6. The molecule has 0 spiro atoms. The van der Waals surface area contributed by atoms with Crippen molar-refractivity contribution < 1.29 is 17.4 Å². The lowest BCUT2D eigenvalue weighted by molar-refractivity contribution is 0.0712. The number of likely N-dealkylation sites (tertiary alicyclic amines) is 1. The Hall–Kier alpha value is -4.43. The van der Waals surface area contributed by atoms with Crippen molar-refractivity contribution in [1.82, 2.24) is 19.9 Å². The Morgan fingerprint density at radius 1 is 1.00 bits per heavy atom. The number of hydrogen-bond acceptors (Lipinski definition) is 8. The van der Waals surface area contributed by atoms with Gasteiger partial charge in [-0.1, -0.05) is 18.2 Å². The molecule has 11 heteroatoms. The second kappa shape index (κ2) is 11.3. The van der Waals surface area contributed by atoms with Gasteiger partial charge >= 0.3 is 10.1 Å². The average Bonchev–Trinajstić information content (AvgIpc) is 3.67. The normalized spacial score (nSPS) is 16.0. The number of fused-ring (bicyclic) bond motifs is 1. The predicted octanol–water partition coefficient (Wildman–Crippen LogP) is 5.07. The molecule has 0 saturated carbocycles. The van der Waals surface area contributed by atoms with Crippen LogP contribution in [0, 0.1) is 25.2 Å². The minimum atomic E-state index is -3.83. The lowest BCUT2D eigenvalue weighted by Crippen LogP contribution is -2.38. The highest BCUT2D eigenvalue weighted by Crippen LogP contribution is 2.34. The Kier molecular flexibility index (Phi) is 7.56. The zero-order chi connectivity index (χ0) is 30.3. The summed E-state index contributed by atoms with van der Waals surface area (Å²) in [7, 11) is -3.83.